The molecule has 0 spiro atoms. The van der Waals surface area contributed by atoms with Gasteiger partial charge in [-0.05, 0) is 53.8 Å². The molecule has 0 unspecified atom stereocenters. The van der Waals surface area contributed by atoms with E-state index in [0.717, 1.165) is 10.9 Å². The molecule has 7 heteroatoms. The number of benzene rings is 2. The predicted octanol–water partition coefficient (Wildman–Crippen LogP) is 4.40. The standard InChI is InChI=1S/C21H17F2NO3S/c1-13-4-5-15(11-17(13)23)21(26)27-12-19(25)24-20(18-3-2-10-28-18)14-6-8-16(22)9-7-14/h2-11,20H,12H2,1H3,(H,24,25)/t20-/m0/s1. The van der Waals surface area contributed by atoms with Gasteiger partial charge in [0.1, 0.15) is 11.6 Å². The lowest BCUT2D eigenvalue weighted by atomic mass is 10.1. The molecule has 1 N–H and O–H groups in total. The van der Waals surface area contributed by atoms with Crippen LogP contribution in [0.2, 0.25) is 0 Å². The first-order chi connectivity index (χ1) is 13.4. The summed E-state index contributed by atoms with van der Waals surface area (Å²) < 4.78 is 31.8. The molecule has 144 valence electrons. The predicted molar refractivity (Wildman–Crippen MR) is 102 cm³/mol. The second-order valence-electron chi connectivity index (χ2n) is 6.11. The second-order valence-corrected chi connectivity index (χ2v) is 7.09. The molecular formula is C21H17F2NO3S. The van der Waals surface area contributed by atoms with Crippen molar-refractivity contribution in [3.8, 4) is 0 Å². The Kier molecular flexibility index (Phi) is 6.16. The maximum Gasteiger partial charge on any atom is 0.338 e. The number of halogens is 2. The molecule has 0 saturated heterocycles. The summed E-state index contributed by atoms with van der Waals surface area (Å²) in [6, 6.07) is 13.0. The number of esters is 1. The van der Waals surface area contributed by atoms with Crippen LogP contribution in [-0.2, 0) is 9.53 Å². The van der Waals surface area contributed by atoms with Crippen LogP contribution in [0.5, 0.6) is 0 Å². The van der Waals surface area contributed by atoms with Crippen molar-refractivity contribution in [2.45, 2.75) is 13.0 Å². The molecular weight excluding hydrogens is 384 g/mol. The number of nitrogens with one attached hydrogen (secondary N) is 1. The topological polar surface area (TPSA) is 55.4 Å². The molecule has 0 aliphatic heterocycles. The van der Waals surface area contributed by atoms with Gasteiger partial charge in [0.25, 0.3) is 5.91 Å². The minimum Gasteiger partial charge on any atom is -0.452 e. The summed E-state index contributed by atoms with van der Waals surface area (Å²) in [7, 11) is 0. The Hall–Kier alpha value is -3.06. The minimum atomic E-state index is -0.788. The van der Waals surface area contributed by atoms with E-state index in [9.17, 15) is 18.4 Å². The van der Waals surface area contributed by atoms with Crippen molar-refractivity contribution in [1.82, 2.24) is 5.32 Å². The van der Waals surface area contributed by atoms with Gasteiger partial charge in [-0.25, -0.2) is 13.6 Å². The zero-order valence-corrected chi connectivity index (χ0v) is 15.8. The molecule has 0 aliphatic rings. The number of thiophene rings is 1. The molecule has 3 aromatic rings. The van der Waals surface area contributed by atoms with Gasteiger partial charge in [0.2, 0.25) is 0 Å². The molecule has 0 bridgehead atoms. The summed E-state index contributed by atoms with van der Waals surface area (Å²) in [5, 5.41) is 4.65. The molecule has 1 heterocycles. The Labute approximate surface area is 164 Å². The van der Waals surface area contributed by atoms with Crippen LogP contribution in [0.15, 0.2) is 60.0 Å². The average Bonchev–Trinajstić information content (AvgIpc) is 3.21. The summed E-state index contributed by atoms with van der Waals surface area (Å²) in [5.74, 6) is -2.21. The molecule has 28 heavy (non-hydrogen) atoms. The van der Waals surface area contributed by atoms with Crippen LogP contribution < -0.4 is 5.32 Å². The van der Waals surface area contributed by atoms with Crippen LogP contribution in [0.25, 0.3) is 0 Å². The van der Waals surface area contributed by atoms with Gasteiger partial charge in [-0.2, -0.15) is 0 Å². The summed E-state index contributed by atoms with van der Waals surface area (Å²) in [6.45, 7) is 1.06. The number of aryl methyl sites for hydroxylation is 1. The largest absolute Gasteiger partial charge is 0.452 e. The molecule has 1 atom stereocenters. The Morgan fingerprint density at radius 3 is 2.50 bits per heavy atom. The Bertz CT molecular complexity index is 972. The SMILES string of the molecule is Cc1ccc(C(=O)OCC(=O)N[C@@H](c2ccc(F)cc2)c2cccs2)cc1F. The molecule has 4 nitrogen and oxygen atoms in total. The number of carbonyl (C=O) groups is 2. The normalized spacial score (nSPS) is 11.7. The number of amides is 1. The molecule has 1 aromatic heterocycles. The second kappa shape index (κ2) is 8.75. The van der Waals surface area contributed by atoms with E-state index in [1.807, 2.05) is 17.5 Å². The summed E-state index contributed by atoms with van der Waals surface area (Å²) in [5.41, 5.74) is 1.14. The summed E-state index contributed by atoms with van der Waals surface area (Å²) in [6.07, 6.45) is 0. The molecule has 0 fully saturated rings. The zero-order valence-electron chi connectivity index (χ0n) is 14.9. The van der Waals surface area contributed by atoms with E-state index in [0.29, 0.717) is 11.1 Å². The monoisotopic (exact) mass is 401 g/mol. The van der Waals surface area contributed by atoms with Crippen LogP contribution >= 0.6 is 11.3 Å². The molecule has 0 saturated carbocycles. The highest BCUT2D eigenvalue weighted by atomic mass is 32.1. The lowest BCUT2D eigenvalue weighted by Crippen LogP contribution is -2.32. The van der Waals surface area contributed by atoms with Gasteiger partial charge in [-0.15, -0.1) is 11.3 Å². The third-order valence-electron chi connectivity index (χ3n) is 4.08. The van der Waals surface area contributed by atoms with Crippen molar-refractivity contribution >= 4 is 23.2 Å². The van der Waals surface area contributed by atoms with Crippen molar-refractivity contribution in [3.05, 3.63) is 93.2 Å². The fourth-order valence-corrected chi connectivity index (χ4v) is 3.37. The van der Waals surface area contributed by atoms with Crippen molar-refractivity contribution in [3.63, 3.8) is 0 Å². The van der Waals surface area contributed by atoms with Crippen LogP contribution in [0.4, 0.5) is 8.78 Å². The quantitative estimate of drug-likeness (QED) is 0.623. The highest BCUT2D eigenvalue weighted by Gasteiger charge is 2.19. The van der Waals surface area contributed by atoms with E-state index in [1.165, 1.54) is 35.6 Å². The molecule has 3 rings (SSSR count). The molecule has 2 aromatic carbocycles. The van der Waals surface area contributed by atoms with Crippen molar-refractivity contribution in [2.24, 2.45) is 0 Å². The maximum absolute atomic E-state index is 13.6. The van der Waals surface area contributed by atoms with Crippen LogP contribution in [-0.4, -0.2) is 18.5 Å². The van der Waals surface area contributed by atoms with Gasteiger partial charge in [0.05, 0.1) is 11.6 Å². The summed E-state index contributed by atoms with van der Waals surface area (Å²) in [4.78, 5) is 25.2. The van der Waals surface area contributed by atoms with E-state index < -0.39 is 30.3 Å². The van der Waals surface area contributed by atoms with E-state index in [4.69, 9.17) is 4.74 Å². The van der Waals surface area contributed by atoms with Gasteiger partial charge >= 0.3 is 5.97 Å². The van der Waals surface area contributed by atoms with Crippen LogP contribution in [0, 0.1) is 18.6 Å². The number of ether oxygens (including phenoxy) is 1. The fraction of sp³-hybridized carbons (Fsp3) is 0.143. The van der Waals surface area contributed by atoms with Gasteiger partial charge in [0, 0.05) is 4.88 Å². The van der Waals surface area contributed by atoms with Gasteiger partial charge < -0.3 is 10.1 Å². The maximum atomic E-state index is 13.6. The lowest BCUT2D eigenvalue weighted by molar-refractivity contribution is -0.124. The van der Waals surface area contributed by atoms with E-state index in [-0.39, 0.29) is 11.4 Å². The fourth-order valence-electron chi connectivity index (χ4n) is 2.57. The van der Waals surface area contributed by atoms with E-state index in [1.54, 1.807) is 19.1 Å². The highest BCUT2D eigenvalue weighted by molar-refractivity contribution is 7.10. The Morgan fingerprint density at radius 1 is 1.11 bits per heavy atom. The first-order valence-electron chi connectivity index (χ1n) is 8.45. The van der Waals surface area contributed by atoms with Crippen molar-refractivity contribution < 1.29 is 23.1 Å². The minimum absolute atomic E-state index is 0.0317. The van der Waals surface area contributed by atoms with Crippen molar-refractivity contribution in [2.75, 3.05) is 6.61 Å². The van der Waals surface area contributed by atoms with Crippen LogP contribution in [0.3, 0.4) is 0 Å². The first-order valence-corrected chi connectivity index (χ1v) is 9.33. The Balaban J connectivity index is 1.66. The number of carbonyl (C=O) groups excluding carboxylic acids is 2. The number of rotatable bonds is 6. The lowest BCUT2D eigenvalue weighted by Gasteiger charge is -2.18. The van der Waals surface area contributed by atoms with Gasteiger partial charge in [-0.3, -0.25) is 4.79 Å². The molecule has 0 radical (unpaired) electrons. The summed E-state index contributed by atoms with van der Waals surface area (Å²) >= 11 is 1.44. The number of hydrogen-bond acceptors (Lipinski definition) is 4. The first kappa shape index (κ1) is 19.7. The smallest absolute Gasteiger partial charge is 0.338 e. The third-order valence-corrected chi connectivity index (χ3v) is 5.02. The van der Waals surface area contributed by atoms with Crippen molar-refractivity contribution in [1.29, 1.82) is 0 Å². The average molecular weight is 401 g/mol. The third kappa shape index (κ3) is 4.80. The molecule has 1 amide bonds. The van der Waals surface area contributed by atoms with Crippen LogP contribution in [0.1, 0.15) is 32.4 Å². The number of hydrogen-bond donors (Lipinski definition) is 1. The van der Waals surface area contributed by atoms with E-state index in [2.05, 4.69) is 5.32 Å². The highest BCUT2D eigenvalue weighted by Crippen LogP contribution is 2.26. The zero-order chi connectivity index (χ0) is 20.1. The van der Waals surface area contributed by atoms with Gasteiger partial charge in [0.15, 0.2) is 6.61 Å². The molecule has 0 aliphatic carbocycles. The Morgan fingerprint density at radius 2 is 1.86 bits per heavy atom. The van der Waals surface area contributed by atoms with E-state index >= 15 is 0 Å². The van der Waals surface area contributed by atoms with Gasteiger partial charge in [-0.1, -0.05) is 24.3 Å².